The minimum atomic E-state index is -0.165. The third-order valence-corrected chi connectivity index (χ3v) is 4.07. The molecule has 0 heterocycles. The average molecular weight is 285 g/mol. The zero-order chi connectivity index (χ0) is 15.2. The lowest BCUT2D eigenvalue weighted by molar-refractivity contribution is 0.441. The Morgan fingerprint density at radius 1 is 1.05 bits per heavy atom. The number of nitrogens with one attached hydrogen (secondary N) is 1. The highest BCUT2D eigenvalue weighted by atomic mass is 19.1. The van der Waals surface area contributed by atoms with E-state index in [-0.39, 0.29) is 11.9 Å². The van der Waals surface area contributed by atoms with E-state index in [0.29, 0.717) is 5.92 Å². The molecular formula is C19H24FN. The first-order valence-electron chi connectivity index (χ1n) is 7.71. The molecule has 0 bridgehead atoms. The van der Waals surface area contributed by atoms with Crippen molar-refractivity contribution in [3.05, 3.63) is 71.0 Å². The Kier molecular flexibility index (Phi) is 5.51. The van der Waals surface area contributed by atoms with Crippen molar-refractivity contribution >= 4 is 0 Å². The van der Waals surface area contributed by atoms with Crippen LogP contribution in [0.15, 0.2) is 48.5 Å². The molecule has 2 atom stereocenters. The van der Waals surface area contributed by atoms with Crippen LogP contribution in [0.25, 0.3) is 0 Å². The minimum absolute atomic E-state index is 0.137. The molecule has 1 N–H and O–H groups in total. The Labute approximate surface area is 127 Å². The smallest absolute Gasteiger partial charge is 0.123 e. The van der Waals surface area contributed by atoms with Gasteiger partial charge in [0.05, 0.1) is 0 Å². The maximum atomic E-state index is 13.7. The van der Waals surface area contributed by atoms with Crippen LogP contribution in [0.1, 0.15) is 48.9 Å². The van der Waals surface area contributed by atoms with Gasteiger partial charge in [-0.3, -0.25) is 0 Å². The molecule has 21 heavy (non-hydrogen) atoms. The van der Waals surface area contributed by atoms with E-state index >= 15 is 0 Å². The summed E-state index contributed by atoms with van der Waals surface area (Å²) in [5.41, 5.74) is 3.50. The first-order chi connectivity index (χ1) is 10.2. The SMILES string of the molecule is CCNC(c1cc(F)ccc1C)C(CC)c1ccccc1. The summed E-state index contributed by atoms with van der Waals surface area (Å²) in [4.78, 5) is 0. The van der Waals surface area contributed by atoms with E-state index < -0.39 is 0 Å². The Morgan fingerprint density at radius 3 is 2.38 bits per heavy atom. The van der Waals surface area contributed by atoms with Gasteiger partial charge >= 0.3 is 0 Å². The molecule has 0 aliphatic rings. The lowest BCUT2D eigenvalue weighted by Crippen LogP contribution is -2.27. The van der Waals surface area contributed by atoms with E-state index in [1.54, 1.807) is 6.07 Å². The minimum Gasteiger partial charge on any atom is -0.310 e. The van der Waals surface area contributed by atoms with Crippen LogP contribution in [-0.4, -0.2) is 6.54 Å². The van der Waals surface area contributed by atoms with Crippen molar-refractivity contribution in [1.82, 2.24) is 5.32 Å². The van der Waals surface area contributed by atoms with Crippen LogP contribution >= 0.6 is 0 Å². The molecule has 2 rings (SSSR count). The quantitative estimate of drug-likeness (QED) is 0.789. The van der Waals surface area contributed by atoms with Gasteiger partial charge in [0.25, 0.3) is 0 Å². The lowest BCUT2D eigenvalue weighted by Gasteiger charge is -2.29. The summed E-state index contributed by atoms with van der Waals surface area (Å²) in [6, 6.07) is 15.7. The fourth-order valence-electron chi connectivity index (χ4n) is 3.00. The number of aryl methyl sites for hydroxylation is 1. The molecule has 2 aromatic carbocycles. The molecule has 1 nitrogen and oxygen atoms in total. The van der Waals surface area contributed by atoms with Crippen LogP contribution in [0.3, 0.4) is 0 Å². The summed E-state index contributed by atoms with van der Waals surface area (Å²) in [7, 11) is 0. The summed E-state index contributed by atoms with van der Waals surface area (Å²) in [5.74, 6) is 0.174. The van der Waals surface area contributed by atoms with Crippen LogP contribution < -0.4 is 5.32 Å². The second kappa shape index (κ2) is 7.37. The van der Waals surface area contributed by atoms with Crippen LogP contribution in [0.4, 0.5) is 4.39 Å². The van der Waals surface area contributed by atoms with Gasteiger partial charge in [-0.1, -0.05) is 50.2 Å². The monoisotopic (exact) mass is 285 g/mol. The van der Waals surface area contributed by atoms with Gasteiger partial charge in [0.1, 0.15) is 5.82 Å². The molecule has 0 aliphatic heterocycles. The Morgan fingerprint density at radius 2 is 1.76 bits per heavy atom. The van der Waals surface area contributed by atoms with Gasteiger partial charge in [0.15, 0.2) is 0 Å². The molecule has 0 saturated heterocycles. The Bertz CT molecular complexity index is 565. The standard InChI is InChI=1S/C19H24FN/c1-4-17(15-9-7-6-8-10-15)19(21-5-2)18-13-16(20)12-11-14(18)3/h6-13,17,19,21H,4-5H2,1-3H3. The van der Waals surface area contributed by atoms with Crippen molar-refractivity contribution in [2.75, 3.05) is 6.54 Å². The maximum absolute atomic E-state index is 13.7. The van der Waals surface area contributed by atoms with Gasteiger partial charge in [-0.15, -0.1) is 0 Å². The number of hydrogen-bond donors (Lipinski definition) is 1. The topological polar surface area (TPSA) is 12.0 Å². The Hall–Kier alpha value is -1.67. The Balaban J connectivity index is 2.43. The highest BCUT2D eigenvalue weighted by Gasteiger charge is 2.24. The highest BCUT2D eigenvalue weighted by Crippen LogP contribution is 2.35. The summed E-state index contributed by atoms with van der Waals surface area (Å²) in [6.07, 6.45) is 1.01. The van der Waals surface area contributed by atoms with Crippen molar-refractivity contribution in [2.45, 2.75) is 39.2 Å². The zero-order valence-electron chi connectivity index (χ0n) is 13.1. The molecule has 2 heteroatoms. The number of benzene rings is 2. The summed E-state index contributed by atoms with van der Waals surface area (Å²) >= 11 is 0. The van der Waals surface area contributed by atoms with Crippen molar-refractivity contribution < 1.29 is 4.39 Å². The van der Waals surface area contributed by atoms with Gasteiger partial charge in [0.2, 0.25) is 0 Å². The van der Waals surface area contributed by atoms with Crippen molar-refractivity contribution in [2.24, 2.45) is 0 Å². The predicted octanol–water partition coefficient (Wildman–Crippen LogP) is 4.98. The number of likely N-dealkylation sites (N-methyl/N-ethyl adjacent to an activating group) is 1. The van der Waals surface area contributed by atoms with Crippen LogP contribution in [0.2, 0.25) is 0 Å². The number of rotatable bonds is 6. The molecule has 0 saturated carbocycles. The van der Waals surface area contributed by atoms with Crippen molar-refractivity contribution in [3.8, 4) is 0 Å². The van der Waals surface area contributed by atoms with E-state index in [1.807, 2.05) is 12.1 Å². The van der Waals surface area contributed by atoms with Gasteiger partial charge in [0, 0.05) is 12.0 Å². The van der Waals surface area contributed by atoms with E-state index in [4.69, 9.17) is 0 Å². The first kappa shape index (κ1) is 15.7. The molecule has 2 unspecified atom stereocenters. The average Bonchev–Trinajstić information content (AvgIpc) is 2.51. The van der Waals surface area contributed by atoms with Gasteiger partial charge in [-0.05, 0) is 48.7 Å². The van der Waals surface area contributed by atoms with Crippen LogP contribution in [0, 0.1) is 12.7 Å². The maximum Gasteiger partial charge on any atom is 0.123 e. The summed E-state index contributed by atoms with van der Waals surface area (Å²) in [5, 5.41) is 3.55. The zero-order valence-corrected chi connectivity index (χ0v) is 13.1. The molecule has 0 amide bonds. The molecule has 0 aromatic heterocycles. The van der Waals surface area contributed by atoms with E-state index in [2.05, 4.69) is 50.4 Å². The molecule has 0 radical (unpaired) electrons. The third kappa shape index (κ3) is 3.70. The van der Waals surface area contributed by atoms with Gasteiger partial charge < -0.3 is 5.32 Å². The first-order valence-corrected chi connectivity index (χ1v) is 7.71. The molecular weight excluding hydrogens is 261 g/mol. The largest absolute Gasteiger partial charge is 0.310 e. The lowest BCUT2D eigenvalue weighted by atomic mass is 9.83. The van der Waals surface area contributed by atoms with Crippen molar-refractivity contribution in [1.29, 1.82) is 0 Å². The fourth-order valence-corrected chi connectivity index (χ4v) is 3.00. The second-order valence-corrected chi connectivity index (χ2v) is 5.46. The normalized spacial score (nSPS) is 13.9. The summed E-state index contributed by atoms with van der Waals surface area (Å²) in [6.45, 7) is 7.21. The second-order valence-electron chi connectivity index (χ2n) is 5.46. The fraction of sp³-hybridized carbons (Fsp3) is 0.368. The van der Waals surface area contributed by atoms with Crippen LogP contribution in [0.5, 0.6) is 0 Å². The number of hydrogen-bond acceptors (Lipinski definition) is 1. The van der Waals surface area contributed by atoms with E-state index in [9.17, 15) is 4.39 Å². The molecule has 112 valence electrons. The molecule has 0 fully saturated rings. The van der Waals surface area contributed by atoms with Gasteiger partial charge in [-0.2, -0.15) is 0 Å². The number of halogens is 1. The molecule has 0 spiro atoms. The van der Waals surface area contributed by atoms with Gasteiger partial charge in [-0.25, -0.2) is 4.39 Å². The predicted molar refractivity (Wildman–Crippen MR) is 87.0 cm³/mol. The molecule has 2 aromatic rings. The molecule has 0 aliphatic carbocycles. The third-order valence-electron chi connectivity index (χ3n) is 4.07. The highest BCUT2D eigenvalue weighted by molar-refractivity contribution is 5.34. The van der Waals surface area contributed by atoms with Crippen molar-refractivity contribution in [3.63, 3.8) is 0 Å². The van der Waals surface area contributed by atoms with E-state index in [0.717, 1.165) is 24.1 Å². The van der Waals surface area contributed by atoms with E-state index in [1.165, 1.54) is 11.6 Å². The summed E-state index contributed by atoms with van der Waals surface area (Å²) < 4.78 is 13.7. The van der Waals surface area contributed by atoms with Crippen LogP contribution in [-0.2, 0) is 0 Å².